The fourth-order valence-corrected chi connectivity index (χ4v) is 4.24. The van der Waals surface area contributed by atoms with Crippen LogP contribution in [0.25, 0.3) is 5.70 Å². The van der Waals surface area contributed by atoms with E-state index in [1.807, 2.05) is 25.1 Å². The van der Waals surface area contributed by atoms with Gasteiger partial charge in [-0.2, -0.15) is 0 Å². The number of hydrogen-bond donors (Lipinski definition) is 2. The number of carbonyl (C=O) groups is 2. The van der Waals surface area contributed by atoms with Gasteiger partial charge in [-0.15, -0.1) is 0 Å². The zero-order chi connectivity index (χ0) is 20.0. The van der Waals surface area contributed by atoms with Gasteiger partial charge in [0, 0.05) is 28.3 Å². The number of halogens is 1. The van der Waals surface area contributed by atoms with Gasteiger partial charge in [-0.05, 0) is 47.5 Å². The number of ether oxygens (including phenoxy) is 1. The largest absolute Gasteiger partial charge is 0.507 e. The minimum atomic E-state index is -0.591. The monoisotopic (exact) mass is 439 g/mol. The van der Waals surface area contributed by atoms with E-state index in [9.17, 15) is 14.7 Å². The highest BCUT2D eigenvalue weighted by Crippen LogP contribution is 2.47. The number of esters is 1. The Labute approximate surface area is 170 Å². The number of phenolic OH excluding ortho intramolecular Hbond substituents is 1. The van der Waals surface area contributed by atoms with E-state index >= 15 is 0 Å². The van der Waals surface area contributed by atoms with Gasteiger partial charge in [0.05, 0.1) is 22.3 Å². The first-order valence-corrected chi connectivity index (χ1v) is 9.75. The van der Waals surface area contributed by atoms with E-state index in [-0.39, 0.29) is 18.1 Å². The molecule has 142 valence electrons. The average molecular weight is 440 g/mol. The lowest BCUT2D eigenvalue weighted by Crippen LogP contribution is -2.29. The van der Waals surface area contributed by atoms with E-state index in [2.05, 4.69) is 21.2 Å². The minimum Gasteiger partial charge on any atom is -0.507 e. The molecule has 1 aliphatic carbocycles. The fraction of sp³-hybridized carbons (Fsp3) is 0.182. The summed E-state index contributed by atoms with van der Waals surface area (Å²) >= 11 is 3.33. The smallest absolute Gasteiger partial charge is 0.336 e. The first-order valence-electron chi connectivity index (χ1n) is 8.95. The summed E-state index contributed by atoms with van der Waals surface area (Å²) in [6, 6.07) is 12.4. The van der Waals surface area contributed by atoms with E-state index in [1.165, 1.54) is 0 Å². The van der Waals surface area contributed by atoms with Crippen LogP contribution in [0, 0.1) is 0 Å². The molecule has 0 amide bonds. The molecule has 0 saturated carbocycles. The predicted molar refractivity (Wildman–Crippen MR) is 109 cm³/mol. The first kappa shape index (κ1) is 18.5. The van der Waals surface area contributed by atoms with Crippen LogP contribution in [0.15, 0.2) is 63.8 Å². The van der Waals surface area contributed by atoms with Gasteiger partial charge in [-0.25, -0.2) is 4.79 Å². The predicted octanol–water partition coefficient (Wildman–Crippen LogP) is 4.29. The molecule has 2 aromatic carbocycles. The van der Waals surface area contributed by atoms with E-state index in [1.54, 1.807) is 31.2 Å². The van der Waals surface area contributed by atoms with Crippen LogP contribution in [0.3, 0.4) is 0 Å². The van der Waals surface area contributed by atoms with Crippen molar-refractivity contribution in [1.29, 1.82) is 0 Å². The molecule has 2 aliphatic rings. The number of Topliss-reactive ketones (excluding diaryl/α,β-unsaturated/α-hetero) is 1. The van der Waals surface area contributed by atoms with Crippen molar-refractivity contribution in [3.05, 3.63) is 80.5 Å². The van der Waals surface area contributed by atoms with Crippen molar-refractivity contribution in [2.45, 2.75) is 19.8 Å². The van der Waals surface area contributed by atoms with Crippen LogP contribution >= 0.6 is 15.9 Å². The summed E-state index contributed by atoms with van der Waals surface area (Å²) in [5.41, 5.74) is 4.46. The summed E-state index contributed by atoms with van der Waals surface area (Å²) in [6.45, 7) is 3.79. The molecule has 1 atom stereocenters. The van der Waals surface area contributed by atoms with Crippen molar-refractivity contribution in [3.63, 3.8) is 0 Å². The molecule has 1 heterocycles. The molecule has 0 aromatic heterocycles. The number of nitrogens with one attached hydrogen (secondary N) is 1. The molecular weight excluding hydrogens is 422 g/mol. The number of ketones is 1. The molecule has 6 heteroatoms. The maximum atomic E-state index is 13.3. The van der Waals surface area contributed by atoms with Crippen molar-refractivity contribution >= 4 is 33.4 Å². The molecule has 0 bridgehead atoms. The summed E-state index contributed by atoms with van der Waals surface area (Å²) in [5.74, 6) is -1.07. The van der Waals surface area contributed by atoms with Gasteiger partial charge in [-0.1, -0.05) is 30.3 Å². The number of aromatic hydroxyl groups is 1. The third kappa shape index (κ3) is 2.76. The summed E-state index contributed by atoms with van der Waals surface area (Å²) in [5, 5.41) is 13.1. The van der Waals surface area contributed by atoms with Crippen LogP contribution in [0.4, 0.5) is 0 Å². The van der Waals surface area contributed by atoms with Gasteiger partial charge in [0.15, 0.2) is 5.78 Å². The van der Waals surface area contributed by atoms with E-state index < -0.39 is 11.9 Å². The second kappa shape index (κ2) is 6.95. The number of hydrogen-bond acceptors (Lipinski definition) is 5. The topological polar surface area (TPSA) is 75.6 Å². The Balaban J connectivity index is 1.94. The molecule has 0 spiro atoms. The summed E-state index contributed by atoms with van der Waals surface area (Å²) in [4.78, 5) is 26.1. The SMILES string of the molecule is CCOC(=O)C1=C(C)NC2=C(C(=O)c3ccccc32)[C@@H]1c1ccc(O)c(Br)c1. The number of benzene rings is 2. The highest BCUT2D eigenvalue weighted by atomic mass is 79.9. The van der Waals surface area contributed by atoms with E-state index in [0.717, 1.165) is 16.8 Å². The minimum absolute atomic E-state index is 0.0892. The zero-order valence-corrected chi connectivity index (χ0v) is 17.0. The first-order chi connectivity index (χ1) is 13.4. The molecule has 0 fully saturated rings. The van der Waals surface area contributed by atoms with Gasteiger partial charge in [0.25, 0.3) is 0 Å². The standard InChI is InChI=1S/C22H18BrNO4/c1-3-28-22(27)17-11(2)24-20-13-6-4-5-7-14(13)21(26)19(20)18(17)12-8-9-16(25)15(23)10-12/h4-10,18,24-25H,3H2,1-2H3/t18-/m1/s1. The number of phenols is 1. The number of rotatable bonds is 3. The Bertz CT molecular complexity index is 1080. The highest BCUT2D eigenvalue weighted by molar-refractivity contribution is 9.10. The van der Waals surface area contributed by atoms with Crippen molar-refractivity contribution in [2.75, 3.05) is 6.61 Å². The molecule has 0 unspecified atom stereocenters. The summed E-state index contributed by atoms with van der Waals surface area (Å²) < 4.78 is 5.78. The summed E-state index contributed by atoms with van der Waals surface area (Å²) in [7, 11) is 0. The van der Waals surface area contributed by atoms with Gasteiger partial charge in [-0.3, -0.25) is 4.79 Å². The van der Waals surface area contributed by atoms with Gasteiger partial charge >= 0.3 is 5.97 Å². The van der Waals surface area contributed by atoms with Crippen molar-refractivity contribution in [3.8, 4) is 5.75 Å². The lowest BCUT2D eigenvalue weighted by molar-refractivity contribution is -0.138. The Hall–Kier alpha value is -2.86. The normalized spacial score (nSPS) is 18.0. The Morgan fingerprint density at radius 1 is 1.21 bits per heavy atom. The second-order valence-corrected chi connectivity index (χ2v) is 7.55. The molecule has 0 saturated heterocycles. The van der Waals surface area contributed by atoms with Crippen LogP contribution < -0.4 is 5.32 Å². The molecule has 28 heavy (non-hydrogen) atoms. The van der Waals surface area contributed by atoms with E-state index in [0.29, 0.717) is 26.9 Å². The van der Waals surface area contributed by atoms with Gasteiger partial charge < -0.3 is 15.2 Å². The molecule has 2 N–H and O–H groups in total. The lowest BCUT2D eigenvalue weighted by atomic mass is 9.80. The van der Waals surface area contributed by atoms with Crippen molar-refractivity contribution in [1.82, 2.24) is 5.32 Å². The third-order valence-electron chi connectivity index (χ3n) is 5.05. The van der Waals surface area contributed by atoms with Gasteiger partial charge in [0.2, 0.25) is 0 Å². The molecule has 1 aliphatic heterocycles. The summed E-state index contributed by atoms with van der Waals surface area (Å²) in [6.07, 6.45) is 0. The maximum Gasteiger partial charge on any atom is 0.336 e. The Morgan fingerprint density at radius 3 is 2.61 bits per heavy atom. The average Bonchev–Trinajstić information content (AvgIpc) is 2.95. The van der Waals surface area contributed by atoms with Crippen molar-refractivity contribution in [2.24, 2.45) is 0 Å². The quantitative estimate of drug-likeness (QED) is 0.697. The number of allylic oxidation sites excluding steroid dienone is 2. The van der Waals surface area contributed by atoms with Crippen LogP contribution in [0.1, 0.15) is 41.3 Å². The molecule has 4 rings (SSSR count). The Kier molecular flexibility index (Phi) is 4.59. The zero-order valence-electron chi connectivity index (χ0n) is 15.4. The number of dihydropyridines is 1. The fourth-order valence-electron chi connectivity index (χ4n) is 3.84. The molecular formula is C22H18BrNO4. The Morgan fingerprint density at radius 2 is 1.93 bits per heavy atom. The van der Waals surface area contributed by atoms with Crippen LogP contribution in [-0.4, -0.2) is 23.5 Å². The number of carbonyl (C=O) groups excluding carboxylic acids is 2. The van der Waals surface area contributed by atoms with Crippen LogP contribution in [0.5, 0.6) is 5.75 Å². The molecule has 2 aromatic rings. The van der Waals surface area contributed by atoms with Gasteiger partial charge in [0.1, 0.15) is 5.75 Å². The lowest BCUT2D eigenvalue weighted by Gasteiger charge is -2.29. The van der Waals surface area contributed by atoms with Crippen LogP contribution in [0.2, 0.25) is 0 Å². The van der Waals surface area contributed by atoms with Crippen LogP contribution in [-0.2, 0) is 9.53 Å². The third-order valence-corrected chi connectivity index (χ3v) is 5.68. The molecule has 0 radical (unpaired) electrons. The molecule has 5 nitrogen and oxygen atoms in total. The van der Waals surface area contributed by atoms with Crippen molar-refractivity contribution < 1.29 is 19.4 Å². The maximum absolute atomic E-state index is 13.3. The second-order valence-electron chi connectivity index (χ2n) is 6.69. The number of fused-ring (bicyclic) bond motifs is 2. The highest BCUT2D eigenvalue weighted by Gasteiger charge is 2.42. The van der Waals surface area contributed by atoms with E-state index in [4.69, 9.17) is 4.74 Å².